The lowest BCUT2D eigenvalue weighted by Gasteiger charge is -2.24. The van der Waals surface area contributed by atoms with Crippen molar-refractivity contribution in [2.75, 3.05) is 13.2 Å². The van der Waals surface area contributed by atoms with Crippen molar-refractivity contribution in [3.8, 4) is 11.1 Å². The number of rotatable bonds is 12. The second-order valence-electron chi connectivity index (χ2n) is 9.54. The molecule has 1 unspecified atom stereocenters. The van der Waals surface area contributed by atoms with Gasteiger partial charge in [0.25, 0.3) is 11.8 Å². The van der Waals surface area contributed by atoms with Crippen LogP contribution in [0.4, 0.5) is 4.39 Å². The second-order valence-corrected chi connectivity index (χ2v) is 9.54. The lowest BCUT2D eigenvalue weighted by Crippen LogP contribution is -2.33. The summed E-state index contributed by atoms with van der Waals surface area (Å²) in [7, 11) is 0. The number of aliphatic hydroxyl groups excluding tert-OH is 1. The van der Waals surface area contributed by atoms with Gasteiger partial charge in [0, 0.05) is 30.8 Å². The van der Waals surface area contributed by atoms with Gasteiger partial charge in [-0.05, 0) is 52.9 Å². The number of nitrogens with zero attached hydrogens (tertiary/aromatic N) is 1. The molecule has 0 saturated carbocycles. The Labute approximate surface area is 237 Å². The summed E-state index contributed by atoms with van der Waals surface area (Å²) in [4.78, 5) is 40.2. The van der Waals surface area contributed by atoms with Gasteiger partial charge in [-0.3, -0.25) is 14.4 Å². The van der Waals surface area contributed by atoms with Crippen LogP contribution in [0.2, 0.25) is 0 Å². The summed E-state index contributed by atoms with van der Waals surface area (Å²) in [5.41, 5.74) is 3.21. The van der Waals surface area contributed by atoms with E-state index in [0.29, 0.717) is 34.2 Å². The van der Waals surface area contributed by atoms with Crippen LogP contribution < -0.4 is 5.32 Å². The third kappa shape index (κ3) is 7.64. The molecule has 4 aromatic rings. The second kappa shape index (κ2) is 14.0. The van der Waals surface area contributed by atoms with Gasteiger partial charge in [0.05, 0.1) is 12.5 Å². The number of hydrogen-bond acceptors (Lipinski definition) is 4. The molecule has 1 atom stereocenters. The van der Waals surface area contributed by atoms with Gasteiger partial charge in [-0.25, -0.2) is 4.39 Å². The number of carboxylic acid groups (broad SMARTS) is 1. The van der Waals surface area contributed by atoms with Crippen molar-refractivity contribution < 1.29 is 29.0 Å². The average Bonchev–Trinajstić information content (AvgIpc) is 3.00. The fraction of sp³-hybridized carbons (Fsp3) is 0.182. The molecule has 210 valence electrons. The molecule has 0 aliphatic heterocycles. The van der Waals surface area contributed by atoms with Gasteiger partial charge < -0.3 is 20.4 Å². The average molecular weight is 555 g/mol. The predicted octanol–water partition coefficient (Wildman–Crippen LogP) is 5.46. The summed E-state index contributed by atoms with van der Waals surface area (Å²) in [6.45, 7) is -0.0796. The SMILES string of the molecule is O=C(O)CCN(Cc1ccc(F)cc1)C(=O)c1ccccc1-c1ccccc1C(=O)NC(CCO)c1ccccc1. The molecule has 0 aliphatic carbocycles. The summed E-state index contributed by atoms with van der Waals surface area (Å²) in [6, 6.07) is 28.4. The molecule has 4 aromatic carbocycles. The van der Waals surface area contributed by atoms with Gasteiger partial charge in [-0.15, -0.1) is 0 Å². The molecule has 7 nitrogen and oxygen atoms in total. The zero-order chi connectivity index (χ0) is 29.2. The maximum atomic E-state index is 13.9. The van der Waals surface area contributed by atoms with Crippen LogP contribution in [0.1, 0.15) is 50.7 Å². The maximum Gasteiger partial charge on any atom is 0.305 e. The molecule has 0 aliphatic rings. The summed E-state index contributed by atoms with van der Waals surface area (Å²) in [6.07, 6.45) is 0.0642. The summed E-state index contributed by atoms with van der Waals surface area (Å²) < 4.78 is 13.5. The first-order valence-corrected chi connectivity index (χ1v) is 13.3. The molecule has 4 rings (SSSR count). The highest BCUT2D eigenvalue weighted by atomic mass is 19.1. The largest absolute Gasteiger partial charge is 0.481 e. The zero-order valence-electron chi connectivity index (χ0n) is 22.4. The van der Waals surface area contributed by atoms with Gasteiger partial charge in [0.1, 0.15) is 5.82 Å². The van der Waals surface area contributed by atoms with Gasteiger partial charge in [0.2, 0.25) is 0 Å². The number of amides is 2. The number of carbonyl (C=O) groups excluding carboxylic acids is 2. The van der Waals surface area contributed by atoms with E-state index in [1.54, 1.807) is 60.7 Å². The van der Waals surface area contributed by atoms with E-state index < -0.39 is 23.7 Å². The highest BCUT2D eigenvalue weighted by molar-refractivity contribution is 6.06. The van der Waals surface area contributed by atoms with Crippen molar-refractivity contribution in [1.29, 1.82) is 0 Å². The molecule has 3 N–H and O–H groups in total. The Morgan fingerprint density at radius 1 is 0.780 bits per heavy atom. The Balaban J connectivity index is 1.67. The summed E-state index contributed by atoms with van der Waals surface area (Å²) >= 11 is 0. The van der Waals surface area contributed by atoms with Gasteiger partial charge in [0.15, 0.2) is 0 Å². The number of aliphatic hydroxyl groups is 1. The maximum absolute atomic E-state index is 13.9. The number of aliphatic carboxylic acids is 1. The van der Waals surface area contributed by atoms with E-state index in [1.807, 2.05) is 30.3 Å². The molecular formula is C33H31FN2O5. The highest BCUT2D eigenvalue weighted by Crippen LogP contribution is 2.29. The van der Waals surface area contributed by atoms with Crippen LogP contribution in [0.15, 0.2) is 103 Å². The highest BCUT2D eigenvalue weighted by Gasteiger charge is 2.24. The van der Waals surface area contributed by atoms with E-state index in [9.17, 15) is 29.0 Å². The number of benzene rings is 4. The van der Waals surface area contributed by atoms with Crippen molar-refractivity contribution in [3.05, 3.63) is 131 Å². The first-order valence-electron chi connectivity index (χ1n) is 13.3. The number of carboxylic acids is 1. The third-order valence-corrected chi connectivity index (χ3v) is 6.71. The minimum atomic E-state index is -1.05. The van der Waals surface area contributed by atoms with Crippen LogP contribution in [0.5, 0.6) is 0 Å². The molecule has 8 heteroatoms. The molecular weight excluding hydrogens is 523 g/mol. The Kier molecular flexibility index (Phi) is 9.96. The Morgan fingerprint density at radius 3 is 2.00 bits per heavy atom. The normalized spacial score (nSPS) is 11.5. The molecule has 2 amide bonds. The van der Waals surface area contributed by atoms with Crippen molar-refractivity contribution in [2.45, 2.75) is 25.4 Å². The quantitative estimate of drug-likeness (QED) is 0.216. The standard InChI is InChI=1S/C33H31FN2O5/c34-25-16-14-23(15-17-25)22-36(20-18-31(38)39)33(41)29-13-7-5-11-27(29)26-10-4-6-12-28(26)32(40)35-30(19-21-37)24-8-2-1-3-9-24/h1-17,30,37H,18-22H2,(H,35,40)(H,38,39). The molecule has 0 bridgehead atoms. The van der Waals surface area contributed by atoms with E-state index in [2.05, 4.69) is 5.32 Å². The van der Waals surface area contributed by atoms with Gasteiger partial charge in [-0.2, -0.15) is 0 Å². The predicted molar refractivity (Wildman–Crippen MR) is 154 cm³/mol. The lowest BCUT2D eigenvalue weighted by atomic mass is 9.93. The van der Waals surface area contributed by atoms with E-state index in [0.717, 1.165) is 5.56 Å². The number of nitrogens with one attached hydrogen (secondary N) is 1. The van der Waals surface area contributed by atoms with Crippen LogP contribution in [-0.4, -0.2) is 46.0 Å². The smallest absolute Gasteiger partial charge is 0.305 e. The lowest BCUT2D eigenvalue weighted by molar-refractivity contribution is -0.137. The van der Waals surface area contributed by atoms with Crippen LogP contribution in [0.3, 0.4) is 0 Å². The molecule has 0 aromatic heterocycles. The molecule has 0 spiro atoms. The number of carbonyl (C=O) groups is 3. The number of halogens is 1. The first-order chi connectivity index (χ1) is 19.9. The van der Waals surface area contributed by atoms with E-state index in [1.165, 1.54) is 17.0 Å². The minimum absolute atomic E-state index is 0.0536. The molecule has 0 radical (unpaired) electrons. The molecule has 41 heavy (non-hydrogen) atoms. The van der Waals surface area contributed by atoms with Gasteiger partial charge in [-0.1, -0.05) is 78.9 Å². The molecule has 0 fully saturated rings. The summed E-state index contributed by atoms with van der Waals surface area (Å²) in [5.74, 6) is -2.23. The van der Waals surface area contributed by atoms with E-state index in [4.69, 9.17) is 0 Å². The molecule has 0 heterocycles. The first kappa shape index (κ1) is 29.2. The fourth-order valence-electron chi connectivity index (χ4n) is 4.66. The Morgan fingerprint density at radius 2 is 1.37 bits per heavy atom. The van der Waals surface area contributed by atoms with Crippen LogP contribution in [0, 0.1) is 5.82 Å². The van der Waals surface area contributed by atoms with Crippen LogP contribution in [0.25, 0.3) is 11.1 Å². The molecule has 0 saturated heterocycles. The van der Waals surface area contributed by atoms with E-state index in [-0.39, 0.29) is 32.0 Å². The van der Waals surface area contributed by atoms with Crippen LogP contribution >= 0.6 is 0 Å². The summed E-state index contributed by atoms with van der Waals surface area (Å²) in [5, 5.41) is 21.9. The number of hydrogen-bond donors (Lipinski definition) is 3. The van der Waals surface area contributed by atoms with Gasteiger partial charge >= 0.3 is 5.97 Å². The Bertz CT molecular complexity index is 1490. The fourth-order valence-corrected chi connectivity index (χ4v) is 4.66. The topological polar surface area (TPSA) is 107 Å². The van der Waals surface area contributed by atoms with Crippen molar-refractivity contribution in [2.24, 2.45) is 0 Å². The zero-order valence-corrected chi connectivity index (χ0v) is 22.4. The van der Waals surface area contributed by atoms with Crippen molar-refractivity contribution in [3.63, 3.8) is 0 Å². The van der Waals surface area contributed by atoms with Crippen molar-refractivity contribution in [1.82, 2.24) is 10.2 Å². The van der Waals surface area contributed by atoms with E-state index >= 15 is 0 Å². The van der Waals surface area contributed by atoms with Crippen LogP contribution in [-0.2, 0) is 11.3 Å². The van der Waals surface area contributed by atoms with Crippen molar-refractivity contribution >= 4 is 17.8 Å². The minimum Gasteiger partial charge on any atom is -0.481 e. The Hall–Kier alpha value is -4.82. The third-order valence-electron chi connectivity index (χ3n) is 6.71. The monoisotopic (exact) mass is 554 g/mol.